The van der Waals surface area contributed by atoms with Gasteiger partial charge in [0.1, 0.15) is 0 Å². The van der Waals surface area contributed by atoms with Gasteiger partial charge in [-0.25, -0.2) is 4.52 Å². The van der Waals surface area contributed by atoms with E-state index >= 15 is 0 Å². The summed E-state index contributed by atoms with van der Waals surface area (Å²) in [6, 6.07) is 0. The summed E-state index contributed by atoms with van der Waals surface area (Å²) >= 11 is 0. The van der Waals surface area contributed by atoms with Crippen LogP contribution in [-0.4, -0.2) is 4.89 Å². The fraction of sp³-hybridized carbons (Fsp3) is 0.400. The molecule has 0 radical (unpaired) electrons. The van der Waals surface area contributed by atoms with E-state index in [2.05, 4.69) is 10.3 Å². The van der Waals surface area contributed by atoms with Gasteiger partial charge in [-0.15, -0.1) is 4.89 Å². The third-order valence-corrected chi connectivity index (χ3v) is 0.776. The van der Waals surface area contributed by atoms with Crippen LogP contribution in [0.5, 0.6) is 0 Å². The van der Waals surface area contributed by atoms with E-state index in [1.165, 1.54) is 0 Å². The van der Waals surface area contributed by atoms with Crippen LogP contribution in [0.3, 0.4) is 0 Å². The van der Waals surface area contributed by atoms with Crippen molar-refractivity contribution < 1.29 is 14.0 Å². The highest BCUT2D eigenvalue weighted by molar-refractivity contribution is 7.32. The van der Waals surface area contributed by atoms with Crippen molar-refractivity contribution in [2.45, 2.75) is 13.8 Å². The predicted molar refractivity (Wildman–Crippen MR) is 33.9 cm³/mol. The molecule has 0 fully saturated rings. The lowest BCUT2D eigenvalue weighted by Crippen LogP contribution is -1.60. The van der Waals surface area contributed by atoms with Gasteiger partial charge in [-0.1, -0.05) is 5.73 Å². The maximum absolute atomic E-state index is 9.83. The zero-order valence-electron chi connectivity index (χ0n) is 5.29. The maximum atomic E-state index is 9.83. The molecule has 0 rings (SSSR count). The molecule has 0 aliphatic rings. The molecule has 0 saturated carbocycles. The quantitative estimate of drug-likeness (QED) is 0.367. The third-order valence-electron chi connectivity index (χ3n) is 0.490. The summed E-state index contributed by atoms with van der Waals surface area (Å²) in [5.74, 6) is 0. The number of rotatable bonds is 2. The Bertz CT molecular complexity index is 163. The summed E-state index contributed by atoms with van der Waals surface area (Å²) in [4.78, 5) is 8.07. The Balaban J connectivity index is 3.74. The minimum atomic E-state index is -2.51. The maximum Gasteiger partial charge on any atom is 0.747 e. The van der Waals surface area contributed by atoms with E-state index in [1.807, 2.05) is 13.8 Å². The largest absolute Gasteiger partial charge is 0.747 e. The van der Waals surface area contributed by atoms with Crippen molar-refractivity contribution in [2.24, 2.45) is 0 Å². The molecule has 1 atom stereocenters. The van der Waals surface area contributed by atoms with Crippen LogP contribution in [0, 0.1) is 0 Å². The summed E-state index contributed by atoms with van der Waals surface area (Å²) in [7, 11) is -2.51. The lowest BCUT2D eigenvalue weighted by atomic mass is 10.4. The van der Waals surface area contributed by atoms with Gasteiger partial charge in [-0.2, -0.15) is 0 Å². The third kappa shape index (κ3) is 7.38. The molecule has 0 aliphatic heterocycles. The molecule has 3 nitrogen and oxygen atoms in total. The van der Waals surface area contributed by atoms with Crippen LogP contribution >= 0.6 is 8.25 Å². The van der Waals surface area contributed by atoms with Crippen molar-refractivity contribution in [3.8, 4) is 0 Å². The van der Waals surface area contributed by atoms with E-state index < -0.39 is 8.25 Å². The molecule has 0 bridgehead atoms. The Kier molecular flexibility index (Phi) is 3.98. The van der Waals surface area contributed by atoms with Crippen molar-refractivity contribution in [3.05, 3.63) is 17.6 Å². The molecule has 0 aromatic heterocycles. The molecular weight excluding hydrogens is 139 g/mol. The number of hydrogen-bond acceptors (Lipinski definition) is 2. The second-order valence-corrected chi connectivity index (χ2v) is 2.29. The van der Waals surface area contributed by atoms with Crippen LogP contribution in [0.1, 0.15) is 13.8 Å². The van der Waals surface area contributed by atoms with E-state index in [-0.39, 0.29) is 0 Å². The molecule has 0 aliphatic carbocycles. The molecule has 0 aromatic carbocycles. The Morgan fingerprint density at radius 1 is 1.78 bits per heavy atom. The molecular formula is C5H8O3P+. The first-order valence-electron chi connectivity index (χ1n) is 2.34. The molecule has 4 heteroatoms. The molecule has 1 N–H and O–H groups in total. The lowest BCUT2D eigenvalue weighted by Gasteiger charge is -1.72. The Labute approximate surface area is 54.6 Å². The molecule has 1 unspecified atom stereocenters. The van der Waals surface area contributed by atoms with Crippen molar-refractivity contribution >= 4 is 8.25 Å². The van der Waals surface area contributed by atoms with Gasteiger partial charge in [-0.3, -0.25) is 0 Å². The van der Waals surface area contributed by atoms with Gasteiger partial charge in [0.15, 0.2) is 6.26 Å². The Morgan fingerprint density at radius 3 is 2.67 bits per heavy atom. The van der Waals surface area contributed by atoms with E-state index in [0.29, 0.717) is 0 Å². The average Bonchev–Trinajstić information content (AvgIpc) is 1.63. The summed E-state index contributed by atoms with van der Waals surface area (Å²) in [5, 5.41) is 0. The van der Waals surface area contributed by atoms with Crippen molar-refractivity contribution in [2.75, 3.05) is 0 Å². The van der Waals surface area contributed by atoms with Gasteiger partial charge in [0, 0.05) is 4.57 Å². The molecule has 0 aromatic rings. The first-order valence-corrected chi connectivity index (χ1v) is 3.47. The van der Waals surface area contributed by atoms with Crippen LogP contribution in [-0.2, 0) is 9.09 Å². The van der Waals surface area contributed by atoms with E-state index in [0.717, 1.165) is 11.8 Å². The second-order valence-electron chi connectivity index (χ2n) is 1.61. The molecule has 0 saturated heterocycles. The van der Waals surface area contributed by atoms with E-state index in [1.54, 1.807) is 0 Å². The van der Waals surface area contributed by atoms with Gasteiger partial charge in [0.25, 0.3) is 0 Å². The minimum Gasteiger partial charge on any atom is -0.229 e. The number of hydrogen-bond donors (Lipinski definition) is 1. The van der Waals surface area contributed by atoms with Crippen LogP contribution in [0.15, 0.2) is 17.6 Å². The van der Waals surface area contributed by atoms with Gasteiger partial charge < -0.3 is 0 Å². The summed E-state index contributed by atoms with van der Waals surface area (Å²) < 4.78 is 14.0. The Morgan fingerprint density at radius 2 is 2.33 bits per heavy atom. The van der Waals surface area contributed by atoms with Crippen LogP contribution in [0.25, 0.3) is 0 Å². The highest BCUT2D eigenvalue weighted by Gasteiger charge is 2.06. The van der Waals surface area contributed by atoms with E-state index in [4.69, 9.17) is 4.89 Å². The smallest absolute Gasteiger partial charge is 0.229 e. The predicted octanol–water partition coefficient (Wildman–Crippen LogP) is 1.73. The Hall–Kier alpha value is -0.620. The normalized spacial score (nSPS) is 9.44. The van der Waals surface area contributed by atoms with Gasteiger partial charge in [0.05, 0.1) is 0 Å². The molecule has 0 amide bonds. The second kappa shape index (κ2) is 4.28. The first kappa shape index (κ1) is 8.38. The number of allylic oxidation sites excluding steroid dienone is 1. The van der Waals surface area contributed by atoms with Crippen molar-refractivity contribution in [1.29, 1.82) is 0 Å². The zero-order chi connectivity index (χ0) is 7.28. The highest BCUT2D eigenvalue weighted by Crippen LogP contribution is 2.13. The van der Waals surface area contributed by atoms with Gasteiger partial charge in [0.2, 0.25) is 0 Å². The van der Waals surface area contributed by atoms with Crippen molar-refractivity contribution in [3.63, 3.8) is 0 Å². The molecule has 9 heavy (non-hydrogen) atoms. The fourth-order valence-corrected chi connectivity index (χ4v) is 0.332. The lowest BCUT2D eigenvalue weighted by molar-refractivity contribution is 0.378. The highest BCUT2D eigenvalue weighted by atomic mass is 31.1. The SMILES string of the molecule is CC(C)=C=CO[P+](=O)O. The fourth-order valence-electron chi connectivity index (χ4n) is 0.189. The summed E-state index contributed by atoms with van der Waals surface area (Å²) in [5.41, 5.74) is 3.50. The summed E-state index contributed by atoms with van der Waals surface area (Å²) in [6.45, 7) is 3.62. The van der Waals surface area contributed by atoms with Crippen LogP contribution < -0.4 is 0 Å². The topological polar surface area (TPSA) is 46.5 Å². The standard InChI is InChI=1S/C5H7O3P/c1-5(2)3-4-8-9(6)7/h4H,1-2H3/p+1. The average molecular weight is 147 g/mol. The molecule has 0 heterocycles. The minimum absolute atomic E-state index is 0.895. The molecule has 50 valence electrons. The van der Waals surface area contributed by atoms with Gasteiger partial charge in [-0.05, 0) is 19.4 Å². The van der Waals surface area contributed by atoms with E-state index in [9.17, 15) is 4.57 Å². The molecule has 0 spiro atoms. The first-order chi connectivity index (χ1) is 4.13. The van der Waals surface area contributed by atoms with Crippen molar-refractivity contribution in [1.82, 2.24) is 0 Å². The summed E-state index contributed by atoms with van der Waals surface area (Å²) in [6.07, 6.45) is 1.08. The van der Waals surface area contributed by atoms with Crippen LogP contribution in [0.2, 0.25) is 0 Å². The zero-order valence-corrected chi connectivity index (χ0v) is 6.18. The van der Waals surface area contributed by atoms with Gasteiger partial charge >= 0.3 is 8.25 Å². The van der Waals surface area contributed by atoms with Crippen LogP contribution in [0.4, 0.5) is 0 Å². The monoisotopic (exact) mass is 147 g/mol.